The summed E-state index contributed by atoms with van der Waals surface area (Å²) < 4.78 is 5.87. The molecule has 40 heavy (non-hydrogen) atoms. The summed E-state index contributed by atoms with van der Waals surface area (Å²) in [5, 5.41) is 6.76. The zero-order chi connectivity index (χ0) is 27.6. The molecule has 3 aromatic heterocycles. The van der Waals surface area contributed by atoms with Gasteiger partial charge in [0.15, 0.2) is 0 Å². The summed E-state index contributed by atoms with van der Waals surface area (Å²) in [6.45, 7) is 6.23. The molecule has 0 unspecified atom stereocenters. The van der Waals surface area contributed by atoms with E-state index in [-0.39, 0.29) is 30.4 Å². The Bertz CT molecular complexity index is 1580. The van der Waals surface area contributed by atoms with Crippen LogP contribution in [0.5, 0.6) is 0 Å². The van der Waals surface area contributed by atoms with Crippen LogP contribution in [-0.2, 0) is 33.7 Å². The summed E-state index contributed by atoms with van der Waals surface area (Å²) in [4.78, 5) is 41.1. The summed E-state index contributed by atoms with van der Waals surface area (Å²) >= 11 is 0. The molecule has 0 bridgehead atoms. The lowest BCUT2D eigenvalue weighted by Gasteiger charge is -2.36. The van der Waals surface area contributed by atoms with Crippen LogP contribution in [0.2, 0.25) is 0 Å². The van der Waals surface area contributed by atoms with Crippen molar-refractivity contribution in [3.63, 3.8) is 0 Å². The van der Waals surface area contributed by atoms with E-state index in [4.69, 9.17) is 14.7 Å². The number of morpholine rings is 1. The molecule has 5 heterocycles. The molecule has 2 aliphatic rings. The molecular formula is C31H32N6O3. The number of hydrogen-bond acceptors (Lipinski definition) is 7. The number of aromatic nitrogens is 3. The second-order valence-corrected chi connectivity index (χ2v) is 10.6. The minimum absolute atomic E-state index is 0.0470. The number of nitrogens with zero attached hydrogens (tertiary/aromatic N) is 4. The summed E-state index contributed by atoms with van der Waals surface area (Å²) in [5.41, 5.74) is 5.81. The topological polar surface area (TPSA) is 109 Å². The van der Waals surface area contributed by atoms with Gasteiger partial charge in [-0.3, -0.25) is 14.6 Å². The lowest BCUT2D eigenvalue weighted by Crippen LogP contribution is -2.45. The Labute approximate surface area is 233 Å². The number of aryl methyl sites for hydroxylation is 1. The Morgan fingerprint density at radius 2 is 1.82 bits per heavy atom. The van der Waals surface area contributed by atoms with E-state index in [9.17, 15) is 9.59 Å². The van der Waals surface area contributed by atoms with E-state index in [2.05, 4.69) is 34.4 Å². The van der Waals surface area contributed by atoms with Crippen LogP contribution in [0.4, 0.5) is 11.5 Å². The van der Waals surface area contributed by atoms with Crippen molar-refractivity contribution in [2.75, 3.05) is 23.3 Å². The third-order valence-electron chi connectivity index (χ3n) is 7.30. The van der Waals surface area contributed by atoms with Crippen LogP contribution in [0.25, 0.3) is 22.3 Å². The predicted octanol–water partition coefficient (Wildman–Crippen LogP) is 4.05. The minimum atomic E-state index is -0.163. The number of anilines is 2. The van der Waals surface area contributed by atoms with Crippen molar-refractivity contribution in [1.82, 2.24) is 20.3 Å². The molecular weight excluding hydrogens is 504 g/mol. The van der Waals surface area contributed by atoms with Crippen LogP contribution < -0.4 is 15.5 Å². The first kappa shape index (κ1) is 25.9. The maximum Gasteiger partial charge on any atom is 0.230 e. The normalized spacial score (nSPS) is 19.1. The molecule has 9 nitrogen and oxygen atoms in total. The summed E-state index contributed by atoms with van der Waals surface area (Å²) in [6.07, 6.45) is 3.36. The lowest BCUT2D eigenvalue weighted by molar-refractivity contribution is -0.121. The monoisotopic (exact) mass is 536 g/mol. The highest BCUT2D eigenvalue weighted by molar-refractivity contribution is 5.93. The van der Waals surface area contributed by atoms with E-state index in [1.165, 1.54) is 0 Å². The number of carbonyl (C=O) groups excluding carboxylic acids is 2. The number of amides is 2. The Morgan fingerprint density at radius 1 is 1.00 bits per heavy atom. The van der Waals surface area contributed by atoms with Crippen molar-refractivity contribution in [2.45, 2.75) is 51.9 Å². The van der Waals surface area contributed by atoms with Gasteiger partial charge < -0.3 is 20.3 Å². The van der Waals surface area contributed by atoms with Crippen molar-refractivity contribution < 1.29 is 14.3 Å². The Hall–Kier alpha value is -4.37. The number of fused-ring (bicyclic) bond motifs is 2. The van der Waals surface area contributed by atoms with Crippen LogP contribution >= 0.6 is 0 Å². The van der Waals surface area contributed by atoms with Crippen LogP contribution in [0.3, 0.4) is 0 Å². The van der Waals surface area contributed by atoms with E-state index < -0.39 is 0 Å². The highest BCUT2D eigenvalue weighted by Gasteiger charge is 2.23. The van der Waals surface area contributed by atoms with E-state index in [0.29, 0.717) is 30.8 Å². The van der Waals surface area contributed by atoms with E-state index in [1.54, 1.807) is 6.20 Å². The molecule has 4 aromatic rings. The molecule has 0 radical (unpaired) electrons. The molecule has 1 fully saturated rings. The van der Waals surface area contributed by atoms with Gasteiger partial charge in [-0.05, 0) is 73.9 Å². The second-order valence-electron chi connectivity index (χ2n) is 10.6. The Kier molecular flexibility index (Phi) is 7.13. The number of benzene rings is 1. The van der Waals surface area contributed by atoms with Gasteiger partial charge in [0.25, 0.3) is 0 Å². The number of ether oxygens (including phenoxy) is 1. The van der Waals surface area contributed by atoms with E-state index in [1.807, 2.05) is 54.6 Å². The van der Waals surface area contributed by atoms with Gasteiger partial charge >= 0.3 is 0 Å². The van der Waals surface area contributed by atoms with Gasteiger partial charge in [0.05, 0.1) is 41.2 Å². The van der Waals surface area contributed by atoms with Crippen molar-refractivity contribution in [1.29, 1.82) is 0 Å². The molecule has 9 heteroatoms. The fourth-order valence-corrected chi connectivity index (χ4v) is 5.42. The Balaban J connectivity index is 1.18. The van der Waals surface area contributed by atoms with Gasteiger partial charge in [0, 0.05) is 43.3 Å². The number of hydrogen-bond donors (Lipinski definition) is 2. The third kappa shape index (κ3) is 5.79. The molecule has 204 valence electrons. The highest BCUT2D eigenvalue weighted by Crippen LogP contribution is 2.25. The lowest BCUT2D eigenvalue weighted by atomic mass is 10.0. The largest absolute Gasteiger partial charge is 0.372 e. The molecule has 0 aliphatic carbocycles. The fourth-order valence-electron chi connectivity index (χ4n) is 5.42. The van der Waals surface area contributed by atoms with E-state index >= 15 is 0 Å². The molecule has 0 saturated carbocycles. The van der Waals surface area contributed by atoms with Crippen molar-refractivity contribution in [3.8, 4) is 11.4 Å². The standard InChI is InChI=1S/C31H32N6O3/c1-19-17-37(18-20(2)40-19)29-5-3-4-26(36-29)27-10-7-22-15-32-25(13-28(22)35-27)14-31(39)34-24-9-6-21-8-11-30(38)33-16-23(21)12-24/h3-7,9-10,12-13,15,19-20H,8,11,14,16-18H2,1-2H3,(H,33,38)(H,34,39)/t19-,20+. The predicted molar refractivity (Wildman–Crippen MR) is 154 cm³/mol. The molecule has 2 N–H and O–H groups in total. The molecule has 1 aromatic carbocycles. The molecule has 1 saturated heterocycles. The maximum atomic E-state index is 12.9. The molecule has 2 amide bonds. The first-order valence-electron chi connectivity index (χ1n) is 13.7. The first-order valence-corrected chi connectivity index (χ1v) is 13.7. The van der Waals surface area contributed by atoms with Crippen LogP contribution in [0.15, 0.2) is 60.8 Å². The van der Waals surface area contributed by atoms with Crippen LogP contribution in [-0.4, -0.2) is 52.1 Å². The van der Waals surface area contributed by atoms with Gasteiger partial charge in [-0.2, -0.15) is 0 Å². The highest BCUT2D eigenvalue weighted by atomic mass is 16.5. The molecule has 6 rings (SSSR count). The Morgan fingerprint density at radius 3 is 2.67 bits per heavy atom. The minimum Gasteiger partial charge on any atom is -0.372 e. The van der Waals surface area contributed by atoms with Crippen LogP contribution in [0.1, 0.15) is 37.1 Å². The van der Waals surface area contributed by atoms with Gasteiger partial charge in [0.1, 0.15) is 5.82 Å². The van der Waals surface area contributed by atoms with Crippen LogP contribution in [0, 0.1) is 0 Å². The molecule has 0 spiro atoms. The van der Waals surface area contributed by atoms with Gasteiger partial charge in [-0.25, -0.2) is 9.97 Å². The van der Waals surface area contributed by atoms with E-state index in [0.717, 1.165) is 52.3 Å². The second kappa shape index (κ2) is 11.0. The SMILES string of the molecule is C[C@@H]1CN(c2cccc(-c3ccc4cnc(CC(=O)Nc5ccc6c(c5)CNC(=O)CC6)cc4n3)n2)C[C@H](C)O1. The van der Waals surface area contributed by atoms with Gasteiger partial charge in [0.2, 0.25) is 11.8 Å². The molecule has 2 aliphatic heterocycles. The number of pyridine rings is 3. The average molecular weight is 537 g/mol. The average Bonchev–Trinajstić information content (AvgIpc) is 3.13. The van der Waals surface area contributed by atoms with Crippen molar-refractivity contribution >= 4 is 34.2 Å². The quantitative estimate of drug-likeness (QED) is 0.396. The number of nitrogens with one attached hydrogen (secondary N) is 2. The number of rotatable bonds is 5. The smallest absolute Gasteiger partial charge is 0.230 e. The summed E-state index contributed by atoms with van der Waals surface area (Å²) in [6, 6.07) is 17.6. The first-order chi connectivity index (χ1) is 19.4. The third-order valence-corrected chi connectivity index (χ3v) is 7.30. The van der Waals surface area contributed by atoms with Crippen molar-refractivity contribution in [3.05, 3.63) is 77.6 Å². The summed E-state index contributed by atoms with van der Waals surface area (Å²) in [7, 11) is 0. The summed E-state index contributed by atoms with van der Waals surface area (Å²) in [5.74, 6) is 0.795. The van der Waals surface area contributed by atoms with Gasteiger partial charge in [-0.15, -0.1) is 0 Å². The number of carbonyl (C=O) groups is 2. The maximum absolute atomic E-state index is 12.9. The van der Waals surface area contributed by atoms with Gasteiger partial charge in [-0.1, -0.05) is 12.1 Å². The zero-order valence-corrected chi connectivity index (χ0v) is 22.7. The zero-order valence-electron chi connectivity index (χ0n) is 22.7. The molecule has 2 atom stereocenters. The van der Waals surface area contributed by atoms with Crippen molar-refractivity contribution in [2.24, 2.45) is 0 Å². The fraction of sp³-hybridized carbons (Fsp3) is 0.323.